The number of nitrogens with zero attached hydrogens (tertiary/aromatic N) is 1. The third-order valence-corrected chi connectivity index (χ3v) is 4.52. The van der Waals surface area contributed by atoms with Gasteiger partial charge in [-0.05, 0) is 26.8 Å². The molecular formula is C18H23N3O4S. The fourth-order valence-electron chi connectivity index (χ4n) is 2.39. The van der Waals surface area contributed by atoms with E-state index in [9.17, 15) is 9.59 Å². The Labute approximate surface area is 156 Å². The number of aryl methyl sites for hydroxylation is 2. The van der Waals surface area contributed by atoms with Gasteiger partial charge < -0.3 is 19.9 Å². The molecule has 1 aromatic heterocycles. The summed E-state index contributed by atoms with van der Waals surface area (Å²) in [6, 6.07) is 7.28. The van der Waals surface area contributed by atoms with Gasteiger partial charge in [0.05, 0.1) is 24.7 Å². The highest BCUT2D eigenvalue weighted by Gasteiger charge is 2.15. The summed E-state index contributed by atoms with van der Waals surface area (Å²) in [7, 11) is 1.60. The quantitative estimate of drug-likeness (QED) is 0.735. The van der Waals surface area contributed by atoms with E-state index in [1.807, 2.05) is 32.0 Å². The van der Waals surface area contributed by atoms with Crippen LogP contribution >= 0.6 is 11.8 Å². The number of hydrogen-bond acceptors (Lipinski definition) is 6. The van der Waals surface area contributed by atoms with Gasteiger partial charge in [0.1, 0.15) is 11.5 Å². The summed E-state index contributed by atoms with van der Waals surface area (Å²) in [6.07, 6.45) is 0. The molecule has 8 heteroatoms. The predicted molar refractivity (Wildman–Crippen MR) is 101 cm³/mol. The van der Waals surface area contributed by atoms with Crippen LogP contribution in [0.15, 0.2) is 28.8 Å². The van der Waals surface area contributed by atoms with Gasteiger partial charge in [-0.1, -0.05) is 22.9 Å². The Kier molecular flexibility index (Phi) is 7.08. The van der Waals surface area contributed by atoms with E-state index in [1.165, 1.54) is 11.8 Å². The second-order valence-corrected chi connectivity index (χ2v) is 6.88. The molecule has 0 aliphatic heterocycles. The smallest absolute Gasteiger partial charge is 0.235 e. The minimum Gasteiger partial charge on any atom is -0.496 e. The number of aromatic nitrogens is 1. The lowest BCUT2D eigenvalue weighted by molar-refractivity contribution is -0.119. The molecule has 0 aliphatic carbocycles. The zero-order valence-corrected chi connectivity index (χ0v) is 16.1. The second kappa shape index (κ2) is 9.28. The van der Waals surface area contributed by atoms with Crippen molar-refractivity contribution in [2.45, 2.75) is 26.8 Å². The standard InChI is InChI=1S/C18H23N3O4S/c1-11-5-6-15(24-4)14(7-11)13(3)19-17(22)9-26-10-18(23)20-16-8-12(2)25-21-16/h5-8,13H,9-10H2,1-4H3,(H,19,22)(H,20,21,23)/t13-/m0/s1. The van der Waals surface area contributed by atoms with Crippen molar-refractivity contribution in [2.75, 3.05) is 23.9 Å². The summed E-state index contributed by atoms with van der Waals surface area (Å²) in [4.78, 5) is 23.9. The van der Waals surface area contributed by atoms with Crippen molar-refractivity contribution >= 4 is 29.4 Å². The van der Waals surface area contributed by atoms with Crippen LogP contribution in [0.5, 0.6) is 5.75 Å². The molecule has 140 valence electrons. The summed E-state index contributed by atoms with van der Waals surface area (Å²) in [5, 5.41) is 9.23. The number of carbonyl (C=O) groups is 2. The van der Waals surface area contributed by atoms with E-state index in [0.717, 1.165) is 16.9 Å². The first-order valence-electron chi connectivity index (χ1n) is 8.14. The van der Waals surface area contributed by atoms with Gasteiger partial charge in [0.2, 0.25) is 11.8 Å². The van der Waals surface area contributed by atoms with Gasteiger partial charge in [0.15, 0.2) is 5.82 Å². The first-order chi connectivity index (χ1) is 12.4. The third kappa shape index (κ3) is 5.80. The molecule has 1 heterocycles. The Bertz CT molecular complexity index is 776. The summed E-state index contributed by atoms with van der Waals surface area (Å²) >= 11 is 1.23. The van der Waals surface area contributed by atoms with Crippen LogP contribution < -0.4 is 15.4 Å². The van der Waals surface area contributed by atoms with Gasteiger partial charge in [-0.3, -0.25) is 9.59 Å². The van der Waals surface area contributed by atoms with Crippen LogP contribution in [0.3, 0.4) is 0 Å². The molecule has 0 aliphatic rings. The second-order valence-electron chi connectivity index (χ2n) is 5.90. The van der Waals surface area contributed by atoms with E-state index < -0.39 is 0 Å². The van der Waals surface area contributed by atoms with Gasteiger partial charge in [-0.15, -0.1) is 11.8 Å². The maximum atomic E-state index is 12.1. The minimum absolute atomic E-state index is 0.142. The predicted octanol–water partition coefficient (Wildman–Crippen LogP) is 2.85. The zero-order chi connectivity index (χ0) is 19.1. The van der Waals surface area contributed by atoms with E-state index >= 15 is 0 Å². The number of rotatable bonds is 8. The molecule has 1 atom stereocenters. The van der Waals surface area contributed by atoms with Crippen LogP contribution in [0.25, 0.3) is 0 Å². The Morgan fingerprint density at radius 3 is 2.62 bits per heavy atom. The fraction of sp³-hybridized carbons (Fsp3) is 0.389. The Morgan fingerprint density at radius 1 is 1.23 bits per heavy atom. The summed E-state index contributed by atoms with van der Waals surface area (Å²) in [5.74, 6) is 1.69. The maximum absolute atomic E-state index is 12.1. The van der Waals surface area contributed by atoms with Crippen LogP contribution in [0.1, 0.15) is 29.9 Å². The number of methoxy groups -OCH3 is 1. The van der Waals surface area contributed by atoms with Crippen molar-refractivity contribution in [1.29, 1.82) is 0 Å². The molecule has 26 heavy (non-hydrogen) atoms. The SMILES string of the molecule is COc1ccc(C)cc1[C@H](C)NC(=O)CSCC(=O)Nc1cc(C)on1. The van der Waals surface area contributed by atoms with Crippen molar-refractivity contribution in [2.24, 2.45) is 0 Å². The van der Waals surface area contributed by atoms with Crippen LogP contribution in [0.2, 0.25) is 0 Å². The molecule has 0 radical (unpaired) electrons. The monoisotopic (exact) mass is 377 g/mol. The average molecular weight is 377 g/mol. The first-order valence-corrected chi connectivity index (χ1v) is 9.29. The Balaban J connectivity index is 1.78. The number of thioether (sulfide) groups is 1. The number of carbonyl (C=O) groups excluding carboxylic acids is 2. The number of hydrogen-bond donors (Lipinski definition) is 2. The molecule has 2 amide bonds. The van der Waals surface area contributed by atoms with Crippen LogP contribution in [0.4, 0.5) is 5.82 Å². The van der Waals surface area contributed by atoms with Gasteiger partial charge in [0.25, 0.3) is 0 Å². The molecule has 2 aromatic rings. The summed E-state index contributed by atoms with van der Waals surface area (Å²) < 4.78 is 10.2. The summed E-state index contributed by atoms with van der Waals surface area (Å²) in [5.41, 5.74) is 2.01. The van der Waals surface area contributed by atoms with Crippen LogP contribution in [-0.2, 0) is 9.59 Å². The molecule has 0 fully saturated rings. The van der Waals surface area contributed by atoms with Crippen molar-refractivity contribution in [3.63, 3.8) is 0 Å². The molecule has 0 spiro atoms. The molecule has 7 nitrogen and oxygen atoms in total. The van der Waals surface area contributed by atoms with Gasteiger partial charge in [0, 0.05) is 11.6 Å². The Hall–Kier alpha value is -2.48. The lowest BCUT2D eigenvalue weighted by Gasteiger charge is -2.18. The van der Waals surface area contributed by atoms with Gasteiger partial charge in [-0.25, -0.2) is 0 Å². The molecule has 1 aromatic carbocycles. The van der Waals surface area contributed by atoms with Gasteiger partial charge in [-0.2, -0.15) is 0 Å². The van der Waals surface area contributed by atoms with Crippen molar-refractivity contribution in [1.82, 2.24) is 10.5 Å². The normalized spacial score (nSPS) is 11.7. The highest BCUT2D eigenvalue weighted by atomic mass is 32.2. The van der Waals surface area contributed by atoms with E-state index in [1.54, 1.807) is 20.1 Å². The van der Waals surface area contributed by atoms with Crippen LogP contribution in [0, 0.1) is 13.8 Å². The third-order valence-electron chi connectivity index (χ3n) is 3.59. The lowest BCUT2D eigenvalue weighted by atomic mass is 10.0. The molecule has 2 rings (SSSR count). The molecule has 0 saturated carbocycles. The maximum Gasteiger partial charge on any atom is 0.235 e. The molecule has 2 N–H and O–H groups in total. The number of anilines is 1. The zero-order valence-electron chi connectivity index (χ0n) is 15.3. The lowest BCUT2D eigenvalue weighted by Crippen LogP contribution is -2.29. The molecular weight excluding hydrogens is 354 g/mol. The molecule has 0 saturated heterocycles. The van der Waals surface area contributed by atoms with E-state index in [2.05, 4.69) is 15.8 Å². The minimum atomic E-state index is -0.232. The number of amides is 2. The highest BCUT2D eigenvalue weighted by Crippen LogP contribution is 2.26. The fourth-order valence-corrected chi connectivity index (χ4v) is 3.02. The van der Waals surface area contributed by atoms with E-state index in [-0.39, 0.29) is 29.4 Å². The molecule has 0 bridgehead atoms. The summed E-state index contributed by atoms with van der Waals surface area (Å²) in [6.45, 7) is 5.63. The first kappa shape index (κ1) is 19.8. The van der Waals surface area contributed by atoms with E-state index in [4.69, 9.17) is 9.26 Å². The van der Waals surface area contributed by atoms with E-state index in [0.29, 0.717) is 11.6 Å². The Morgan fingerprint density at radius 2 is 1.96 bits per heavy atom. The number of benzene rings is 1. The number of nitrogens with one attached hydrogen (secondary N) is 2. The average Bonchev–Trinajstić information content (AvgIpc) is 2.99. The van der Waals surface area contributed by atoms with Crippen LogP contribution in [-0.4, -0.2) is 35.6 Å². The van der Waals surface area contributed by atoms with Crippen molar-refractivity contribution in [3.8, 4) is 5.75 Å². The number of ether oxygens (including phenoxy) is 1. The van der Waals surface area contributed by atoms with Crippen molar-refractivity contribution in [3.05, 3.63) is 41.2 Å². The van der Waals surface area contributed by atoms with Gasteiger partial charge >= 0.3 is 0 Å². The largest absolute Gasteiger partial charge is 0.496 e. The topological polar surface area (TPSA) is 93.5 Å². The van der Waals surface area contributed by atoms with Crippen molar-refractivity contribution < 1.29 is 18.8 Å². The molecule has 0 unspecified atom stereocenters. The highest BCUT2D eigenvalue weighted by molar-refractivity contribution is 8.00.